The second-order valence-corrected chi connectivity index (χ2v) is 4.92. The molecule has 0 saturated heterocycles. The van der Waals surface area contributed by atoms with Crippen LogP contribution in [0, 0.1) is 0 Å². The Kier molecular flexibility index (Phi) is 5.05. The minimum Gasteiger partial charge on any atom is -0.462 e. The minimum absolute atomic E-state index is 0.0754. The highest BCUT2D eigenvalue weighted by molar-refractivity contribution is 5.90. The molecule has 1 aromatic heterocycles. The van der Waals surface area contributed by atoms with E-state index in [0.29, 0.717) is 12.1 Å². The molecule has 0 aliphatic heterocycles. The van der Waals surface area contributed by atoms with Crippen LogP contribution in [0.15, 0.2) is 36.4 Å². The Balaban J connectivity index is 2.49. The molecule has 134 valence electrons. The van der Waals surface area contributed by atoms with Gasteiger partial charge < -0.3 is 4.74 Å². The van der Waals surface area contributed by atoms with Gasteiger partial charge in [0.15, 0.2) is 0 Å². The molecule has 0 bridgehead atoms. The summed E-state index contributed by atoms with van der Waals surface area (Å²) in [6, 6.07) is 6.04. The van der Waals surface area contributed by atoms with E-state index in [4.69, 9.17) is 4.74 Å². The van der Waals surface area contributed by atoms with Crippen molar-refractivity contribution in [1.29, 1.82) is 0 Å². The van der Waals surface area contributed by atoms with Crippen LogP contribution < -0.4 is 0 Å². The predicted octanol–water partition coefficient (Wildman–Crippen LogP) is 4.96. The molecule has 2 rings (SSSR count). The highest BCUT2D eigenvalue weighted by Crippen LogP contribution is 2.36. The van der Waals surface area contributed by atoms with Crippen molar-refractivity contribution in [2.45, 2.75) is 19.3 Å². The molecule has 0 saturated carbocycles. The zero-order chi connectivity index (χ0) is 18.8. The van der Waals surface area contributed by atoms with E-state index >= 15 is 0 Å². The van der Waals surface area contributed by atoms with Crippen LogP contribution in [0.4, 0.5) is 26.3 Å². The topological polar surface area (TPSA) is 39.2 Å². The fourth-order valence-electron chi connectivity index (χ4n) is 2.00. The summed E-state index contributed by atoms with van der Waals surface area (Å²) in [5, 5.41) is 0. The number of aromatic nitrogens is 1. The van der Waals surface area contributed by atoms with Gasteiger partial charge in [-0.3, -0.25) is 0 Å². The van der Waals surface area contributed by atoms with E-state index in [1.807, 2.05) is 0 Å². The van der Waals surface area contributed by atoms with Crippen LogP contribution in [0.25, 0.3) is 11.1 Å². The molecular formula is C16H11F6NO2. The van der Waals surface area contributed by atoms with Crippen molar-refractivity contribution in [2.75, 3.05) is 6.61 Å². The van der Waals surface area contributed by atoms with Gasteiger partial charge in [-0.1, -0.05) is 12.1 Å². The third kappa shape index (κ3) is 4.49. The first-order valence-corrected chi connectivity index (χ1v) is 6.96. The summed E-state index contributed by atoms with van der Waals surface area (Å²) >= 11 is 0. The molecule has 3 nitrogen and oxygen atoms in total. The lowest BCUT2D eigenvalue weighted by molar-refractivity contribution is -0.150. The lowest BCUT2D eigenvalue weighted by Crippen LogP contribution is -2.15. The number of carbonyl (C=O) groups is 1. The Morgan fingerprint density at radius 3 is 1.80 bits per heavy atom. The van der Waals surface area contributed by atoms with Gasteiger partial charge in [0.25, 0.3) is 0 Å². The van der Waals surface area contributed by atoms with Gasteiger partial charge in [-0.2, -0.15) is 26.3 Å². The summed E-state index contributed by atoms with van der Waals surface area (Å²) in [6.07, 6.45) is -10.1. The molecule has 0 N–H and O–H groups in total. The maximum Gasteiger partial charge on any atom is 0.433 e. The Bertz CT molecular complexity index is 733. The molecule has 0 atom stereocenters. The molecule has 0 amide bonds. The van der Waals surface area contributed by atoms with Crippen LogP contribution in [-0.4, -0.2) is 17.6 Å². The predicted molar refractivity (Wildman–Crippen MR) is 75.6 cm³/mol. The standard InChI is InChI=1S/C16H11F6NO2/c1-2-25-14(24)10-5-3-9(4-6-10)11-7-12(15(17,18)19)23-13(8-11)16(20,21)22/h3-8H,2H2,1H3. The zero-order valence-corrected chi connectivity index (χ0v) is 12.7. The lowest BCUT2D eigenvalue weighted by Gasteiger charge is -2.13. The summed E-state index contributed by atoms with van der Waals surface area (Å²) in [5.74, 6) is -0.643. The normalized spacial score (nSPS) is 12.1. The van der Waals surface area contributed by atoms with Crippen LogP contribution in [0.5, 0.6) is 0 Å². The van der Waals surface area contributed by atoms with Gasteiger partial charge in [0.1, 0.15) is 11.4 Å². The second-order valence-electron chi connectivity index (χ2n) is 4.92. The number of nitrogens with zero attached hydrogens (tertiary/aromatic N) is 1. The summed E-state index contributed by atoms with van der Waals surface area (Å²) in [6.45, 7) is 1.73. The monoisotopic (exact) mass is 363 g/mol. The van der Waals surface area contributed by atoms with Crippen LogP contribution in [0.3, 0.4) is 0 Å². The zero-order valence-electron chi connectivity index (χ0n) is 12.7. The van der Waals surface area contributed by atoms with Crippen LogP contribution >= 0.6 is 0 Å². The van der Waals surface area contributed by atoms with Crippen molar-refractivity contribution in [3.8, 4) is 11.1 Å². The van der Waals surface area contributed by atoms with Gasteiger partial charge in [-0.05, 0) is 42.3 Å². The van der Waals surface area contributed by atoms with Crippen molar-refractivity contribution in [2.24, 2.45) is 0 Å². The van der Waals surface area contributed by atoms with E-state index in [1.165, 1.54) is 24.3 Å². The fourth-order valence-corrected chi connectivity index (χ4v) is 2.00. The molecule has 25 heavy (non-hydrogen) atoms. The molecule has 1 aromatic carbocycles. The Labute approximate surface area is 138 Å². The average Bonchev–Trinajstić information content (AvgIpc) is 2.53. The molecule has 9 heteroatoms. The van der Waals surface area contributed by atoms with Gasteiger partial charge in [-0.15, -0.1) is 0 Å². The van der Waals surface area contributed by atoms with E-state index in [9.17, 15) is 31.1 Å². The molecule has 1 heterocycles. The van der Waals surface area contributed by atoms with Crippen molar-refractivity contribution in [3.05, 3.63) is 53.3 Å². The number of alkyl halides is 6. The van der Waals surface area contributed by atoms with E-state index < -0.39 is 29.7 Å². The molecule has 0 radical (unpaired) electrons. The van der Waals surface area contributed by atoms with Crippen LogP contribution in [0.1, 0.15) is 28.7 Å². The number of hydrogen-bond donors (Lipinski definition) is 0. The largest absolute Gasteiger partial charge is 0.462 e. The summed E-state index contributed by atoms with van der Waals surface area (Å²) in [5.41, 5.74) is -3.40. The molecule has 0 aliphatic rings. The minimum atomic E-state index is -5.03. The van der Waals surface area contributed by atoms with Crippen molar-refractivity contribution < 1.29 is 35.9 Å². The van der Waals surface area contributed by atoms with Crippen LogP contribution in [0.2, 0.25) is 0 Å². The number of rotatable bonds is 3. The molecular weight excluding hydrogens is 352 g/mol. The number of hydrogen-bond acceptors (Lipinski definition) is 3. The summed E-state index contributed by atoms with van der Waals surface area (Å²) in [4.78, 5) is 14.2. The van der Waals surface area contributed by atoms with Crippen molar-refractivity contribution >= 4 is 5.97 Å². The van der Waals surface area contributed by atoms with Crippen molar-refractivity contribution in [1.82, 2.24) is 4.98 Å². The number of esters is 1. The number of carbonyl (C=O) groups excluding carboxylic acids is 1. The first-order chi connectivity index (χ1) is 11.5. The van der Waals surface area contributed by atoms with Crippen LogP contribution in [-0.2, 0) is 17.1 Å². The molecule has 0 unspecified atom stereocenters. The molecule has 0 fully saturated rings. The number of benzene rings is 1. The first kappa shape index (κ1) is 18.8. The third-order valence-electron chi connectivity index (χ3n) is 3.14. The highest BCUT2D eigenvalue weighted by Gasteiger charge is 2.38. The van der Waals surface area contributed by atoms with Gasteiger partial charge in [0.05, 0.1) is 12.2 Å². The Morgan fingerprint density at radius 1 is 0.920 bits per heavy atom. The smallest absolute Gasteiger partial charge is 0.433 e. The maximum atomic E-state index is 12.8. The number of halogens is 6. The number of pyridine rings is 1. The highest BCUT2D eigenvalue weighted by atomic mass is 19.4. The average molecular weight is 363 g/mol. The molecule has 2 aromatic rings. The van der Waals surface area contributed by atoms with E-state index in [2.05, 4.69) is 4.98 Å². The second kappa shape index (κ2) is 6.73. The Morgan fingerprint density at radius 2 is 1.40 bits per heavy atom. The van der Waals surface area contributed by atoms with Gasteiger partial charge >= 0.3 is 18.3 Å². The lowest BCUT2D eigenvalue weighted by atomic mass is 10.0. The van der Waals surface area contributed by atoms with Crippen molar-refractivity contribution in [3.63, 3.8) is 0 Å². The third-order valence-corrected chi connectivity index (χ3v) is 3.14. The van der Waals surface area contributed by atoms with Gasteiger partial charge in [0, 0.05) is 0 Å². The maximum absolute atomic E-state index is 12.8. The van der Waals surface area contributed by atoms with Gasteiger partial charge in [0.2, 0.25) is 0 Å². The number of ether oxygens (including phenoxy) is 1. The van der Waals surface area contributed by atoms with Gasteiger partial charge in [-0.25, -0.2) is 9.78 Å². The fraction of sp³-hybridized carbons (Fsp3) is 0.250. The first-order valence-electron chi connectivity index (χ1n) is 6.96. The SMILES string of the molecule is CCOC(=O)c1ccc(-c2cc(C(F)(F)F)nc(C(F)(F)F)c2)cc1. The molecule has 0 spiro atoms. The Hall–Kier alpha value is -2.58. The van der Waals surface area contributed by atoms with E-state index in [-0.39, 0.29) is 23.3 Å². The quantitative estimate of drug-likeness (QED) is 0.571. The summed E-state index contributed by atoms with van der Waals surface area (Å²) < 4.78 is 81.6. The molecule has 0 aliphatic carbocycles. The summed E-state index contributed by atoms with van der Waals surface area (Å²) in [7, 11) is 0. The van der Waals surface area contributed by atoms with E-state index in [1.54, 1.807) is 6.92 Å². The van der Waals surface area contributed by atoms with E-state index in [0.717, 1.165) is 0 Å².